The van der Waals surface area contributed by atoms with Gasteiger partial charge < -0.3 is 10.2 Å². The summed E-state index contributed by atoms with van der Waals surface area (Å²) < 4.78 is 0. The van der Waals surface area contributed by atoms with Crippen LogP contribution in [0.3, 0.4) is 0 Å². The number of nitrogens with zero attached hydrogens (tertiary/aromatic N) is 1. The SMILES string of the molecule is CCCCc1ccc(NC(=O)C(=O)N(C)Cc2ccccc2)cc1. The fourth-order valence-electron chi connectivity index (χ4n) is 2.42. The second kappa shape index (κ2) is 8.87. The molecule has 2 aromatic carbocycles. The van der Waals surface area contributed by atoms with Crippen molar-refractivity contribution < 1.29 is 9.59 Å². The Bertz CT molecular complexity index is 666. The van der Waals surface area contributed by atoms with Crippen molar-refractivity contribution in [2.24, 2.45) is 0 Å². The van der Waals surface area contributed by atoms with E-state index >= 15 is 0 Å². The third kappa shape index (κ3) is 5.23. The van der Waals surface area contributed by atoms with E-state index in [1.807, 2.05) is 54.6 Å². The van der Waals surface area contributed by atoms with Crippen molar-refractivity contribution in [1.82, 2.24) is 4.90 Å². The Labute approximate surface area is 143 Å². The Kier molecular flexibility index (Phi) is 6.55. The van der Waals surface area contributed by atoms with Gasteiger partial charge in [-0.25, -0.2) is 0 Å². The summed E-state index contributed by atoms with van der Waals surface area (Å²) in [7, 11) is 1.63. The lowest BCUT2D eigenvalue weighted by Crippen LogP contribution is -2.36. The summed E-state index contributed by atoms with van der Waals surface area (Å²) in [6.45, 7) is 2.56. The highest BCUT2D eigenvalue weighted by molar-refractivity contribution is 6.39. The normalized spacial score (nSPS) is 10.2. The second-order valence-corrected chi connectivity index (χ2v) is 5.90. The molecular formula is C20H24N2O2. The highest BCUT2D eigenvalue weighted by atomic mass is 16.2. The number of nitrogens with one attached hydrogen (secondary N) is 1. The number of hydrogen-bond acceptors (Lipinski definition) is 2. The molecule has 2 aromatic rings. The molecule has 0 radical (unpaired) electrons. The minimum atomic E-state index is -0.616. The average Bonchev–Trinajstić information content (AvgIpc) is 2.61. The quantitative estimate of drug-likeness (QED) is 0.825. The number of aryl methyl sites for hydroxylation is 1. The first-order valence-corrected chi connectivity index (χ1v) is 8.29. The Morgan fingerprint density at radius 1 is 0.958 bits per heavy atom. The number of anilines is 1. The van der Waals surface area contributed by atoms with Crippen LogP contribution in [0.4, 0.5) is 5.69 Å². The van der Waals surface area contributed by atoms with Crippen molar-refractivity contribution in [2.45, 2.75) is 32.7 Å². The van der Waals surface area contributed by atoms with Crippen molar-refractivity contribution in [3.63, 3.8) is 0 Å². The molecular weight excluding hydrogens is 300 g/mol. The van der Waals surface area contributed by atoms with E-state index < -0.39 is 11.8 Å². The van der Waals surface area contributed by atoms with Gasteiger partial charge in [0, 0.05) is 19.3 Å². The van der Waals surface area contributed by atoms with Gasteiger partial charge in [-0.15, -0.1) is 0 Å². The highest BCUT2D eigenvalue weighted by Crippen LogP contribution is 2.12. The van der Waals surface area contributed by atoms with Crippen LogP contribution in [0.2, 0.25) is 0 Å². The molecule has 24 heavy (non-hydrogen) atoms. The van der Waals surface area contributed by atoms with Crippen LogP contribution in [-0.2, 0) is 22.6 Å². The van der Waals surface area contributed by atoms with Crippen LogP contribution >= 0.6 is 0 Å². The molecule has 0 aliphatic rings. The maximum Gasteiger partial charge on any atom is 0.313 e. The zero-order valence-electron chi connectivity index (χ0n) is 14.3. The van der Waals surface area contributed by atoms with Crippen LogP contribution in [0.25, 0.3) is 0 Å². The Morgan fingerprint density at radius 3 is 2.25 bits per heavy atom. The van der Waals surface area contributed by atoms with E-state index in [2.05, 4.69) is 12.2 Å². The maximum atomic E-state index is 12.2. The topological polar surface area (TPSA) is 49.4 Å². The summed E-state index contributed by atoms with van der Waals surface area (Å²) in [5, 5.41) is 2.66. The van der Waals surface area contributed by atoms with Gasteiger partial charge in [-0.2, -0.15) is 0 Å². The molecule has 0 aliphatic heterocycles. The molecule has 0 aromatic heterocycles. The molecule has 0 spiro atoms. The van der Waals surface area contributed by atoms with Gasteiger partial charge >= 0.3 is 11.8 Å². The van der Waals surface area contributed by atoms with Gasteiger partial charge in [-0.05, 0) is 36.1 Å². The first-order valence-electron chi connectivity index (χ1n) is 8.29. The van der Waals surface area contributed by atoms with Gasteiger partial charge in [0.2, 0.25) is 0 Å². The zero-order chi connectivity index (χ0) is 17.4. The summed E-state index contributed by atoms with van der Waals surface area (Å²) in [6.07, 6.45) is 3.33. The summed E-state index contributed by atoms with van der Waals surface area (Å²) >= 11 is 0. The number of amides is 2. The lowest BCUT2D eigenvalue weighted by molar-refractivity contribution is -0.142. The average molecular weight is 324 g/mol. The van der Waals surface area contributed by atoms with E-state index in [4.69, 9.17) is 0 Å². The largest absolute Gasteiger partial charge is 0.333 e. The lowest BCUT2D eigenvalue weighted by Gasteiger charge is -2.16. The number of hydrogen-bond donors (Lipinski definition) is 1. The molecule has 0 unspecified atom stereocenters. The van der Waals surface area contributed by atoms with E-state index in [0.29, 0.717) is 12.2 Å². The van der Waals surface area contributed by atoms with E-state index in [-0.39, 0.29) is 0 Å². The molecule has 0 saturated heterocycles. The highest BCUT2D eigenvalue weighted by Gasteiger charge is 2.18. The third-order valence-corrected chi connectivity index (χ3v) is 3.83. The first-order chi connectivity index (χ1) is 11.6. The lowest BCUT2D eigenvalue weighted by atomic mass is 10.1. The van der Waals surface area contributed by atoms with Gasteiger partial charge in [0.05, 0.1) is 0 Å². The molecule has 0 atom stereocenters. The fraction of sp³-hybridized carbons (Fsp3) is 0.300. The van der Waals surface area contributed by atoms with Crippen LogP contribution in [0, 0.1) is 0 Å². The Morgan fingerprint density at radius 2 is 1.62 bits per heavy atom. The molecule has 0 bridgehead atoms. The molecule has 2 rings (SSSR count). The van der Waals surface area contributed by atoms with Gasteiger partial charge in [-0.1, -0.05) is 55.8 Å². The van der Waals surface area contributed by atoms with Crippen LogP contribution in [0.1, 0.15) is 30.9 Å². The standard InChI is InChI=1S/C20H24N2O2/c1-3-4-8-16-11-13-18(14-12-16)21-19(23)20(24)22(2)15-17-9-6-5-7-10-17/h5-7,9-14H,3-4,8,15H2,1-2H3,(H,21,23). The molecule has 0 aliphatic carbocycles. The summed E-state index contributed by atoms with van der Waals surface area (Å²) in [6, 6.07) is 17.3. The molecule has 0 saturated carbocycles. The molecule has 0 fully saturated rings. The predicted molar refractivity (Wildman–Crippen MR) is 96.6 cm³/mol. The summed E-state index contributed by atoms with van der Waals surface area (Å²) in [5.74, 6) is -1.16. The van der Waals surface area contributed by atoms with E-state index in [1.165, 1.54) is 10.5 Å². The van der Waals surface area contributed by atoms with Gasteiger partial charge in [0.25, 0.3) is 0 Å². The van der Waals surface area contributed by atoms with E-state index in [1.54, 1.807) is 7.05 Å². The monoisotopic (exact) mass is 324 g/mol. The summed E-state index contributed by atoms with van der Waals surface area (Å²) in [4.78, 5) is 25.7. The van der Waals surface area contributed by atoms with Crippen LogP contribution in [0.5, 0.6) is 0 Å². The number of likely N-dealkylation sites (N-methyl/N-ethyl adjacent to an activating group) is 1. The van der Waals surface area contributed by atoms with Crippen molar-refractivity contribution >= 4 is 17.5 Å². The van der Waals surface area contributed by atoms with E-state index in [0.717, 1.165) is 24.8 Å². The number of rotatable bonds is 6. The Hall–Kier alpha value is -2.62. The number of carbonyl (C=O) groups excluding carboxylic acids is 2. The van der Waals surface area contributed by atoms with Crippen molar-refractivity contribution in [3.05, 3.63) is 65.7 Å². The third-order valence-electron chi connectivity index (χ3n) is 3.83. The first kappa shape index (κ1) is 17.7. The molecule has 126 valence electrons. The smallest absolute Gasteiger partial charge is 0.313 e. The minimum absolute atomic E-state index is 0.406. The molecule has 4 heteroatoms. The Balaban J connectivity index is 1.89. The van der Waals surface area contributed by atoms with Crippen LogP contribution < -0.4 is 5.32 Å². The predicted octanol–water partition coefficient (Wildman–Crippen LogP) is 3.63. The number of unbranched alkanes of at least 4 members (excludes halogenated alkanes) is 1. The van der Waals surface area contributed by atoms with Crippen molar-refractivity contribution in [1.29, 1.82) is 0 Å². The van der Waals surface area contributed by atoms with E-state index in [9.17, 15) is 9.59 Å². The zero-order valence-corrected chi connectivity index (χ0v) is 14.3. The van der Waals surface area contributed by atoms with Crippen LogP contribution in [0.15, 0.2) is 54.6 Å². The van der Waals surface area contributed by atoms with Crippen molar-refractivity contribution in [2.75, 3.05) is 12.4 Å². The number of benzene rings is 2. The number of carbonyl (C=O) groups is 2. The van der Waals surface area contributed by atoms with Gasteiger partial charge in [-0.3, -0.25) is 9.59 Å². The molecule has 1 N–H and O–H groups in total. The molecule has 2 amide bonds. The summed E-state index contributed by atoms with van der Waals surface area (Å²) in [5.41, 5.74) is 2.87. The van der Waals surface area contributed by atoms with Gasteiger partial charge in [0.15, 0.2) is 0 Å². The van der Waals surface area contributed by atoms with Gasteiger partial charge in [0.1, 0.15) is 0 Å². The minimum Gasteiger partial charge on any atom is -0.333 e. The fourth-order valence-corrected chi connectivity index (χ4v) is 2.42. The maximum absolute atomic E-state index is 12.2. The van der Waals surface area contributed by atoms with Crippen LogP contribution in [-0.4, -0.2) is 23.8 Å². The molecule has 4 nitrogen and oxygen atoms in total. The van der Waals surface area contributed by atoms with Crippen molar-refractivity contribution in [3.8, 4) is 0 Å². The molecule has 0 heterocycles. The second-order valence-electron chi connectivity index (χ2n) is 5.90.